The lowest BCUT2D eigenvalue weighted by Crippen LogP contribution is -2.14. The monoisotopic (exact) mass is 457 g/mol. The number of carbonyl (C=O) groups is 1. The Morgan fingerprint density at radius 2 is 1.84 bits per heavy atom. The van der Waals surface area contributed by atoms with Gasteiger partial charge < -0.3 is 14.8 Å². The molecule has 0 saturated heterocycles. The molecule has 3 N–H and O–H groups in total. The quantitative estimate of drug-likeness (QED) is 0.299. The van der Waals surface area contributed by atoms with Gasteiger partial charge in [0.15, 0.2) is 11.5 Å². The lowest BCUT2D eigenvalue weighted by atomic mass is 10.1. The number of carbonyl (C=O) groups excluding carboxylic acids is 1. The molecule has 0 radical (unpaired) electrons. The zero-order chi connectivity index (χ0) is 23.6. The molecular weight excluding hydrogens is 430 g/mol. The second kappa shape index (κ2) is 11.9. The Morgan fingerprint density at radius 1 is 1.12 bits per heavy atom. The molecule has 0 aliphatic carbocycles. The standard InChI is InChI=1S/C23H27N3O5S/c1-3-4-5-6-13-31-21-12-7-17(15-22(21)30-2)14-18(16-24)23(27)26-19-8-10-20(11-9-19)32(25,28)29/h7-12,14-15H,3-6,13H2,1-2H3,(H,26,27)(H2,25,28,29)/b18-14+. The van der Waals surface area contributed by atoms with Crippen molar-refractivity contribution in [2.45, 2.75) is 37.5 Å². The van der Waals surface area contributed by atoms with Crippen LogP contribution in [-0.2, 0) is 14.8 Å². The van der Waals surface area contributed by atoms with Gasteiger partial charge in [-0.25, -0.2) is 13.6 Å². The van der Waals surface area contributed by atoms with Crippen molar-refractivity contribution in [1.29, 1.82) is 5.26 Å². The van der Waals surface area contributed by atoms with Crippen LogP contribution in [0.1, 0.15) is 38.2 Å². The second-order valence-corrected chi connectivity index (χ2v) is 8.57. The van der Waals surface area contributed by atoms with E-state index in [1.807, 2.05) is 6.07 Å². The van der Waals surface area contributed by atoms with Gasteiger partial charge in [-0.3, -0.25) is 4.79 Å². The maximum absolute atomic E-state index is 12.5. The number of methoxy groups -OCH3 is 1. The highest BCUT2D eigenvalue weighted by Crippen LogP contribution is 2.29. The van der Waals surface area contributed by atoms with Gasteiger partial charge >= 0.3 is 0 Å². The van der Waals surface area contributed by atoms with Crippen molar-refractivity contribution in [3.05, 3.63) is 53.6 Å². The van der Waals surface area contributed by atoms with E-state index in [9.17, 15) is 18.5 Å². The number of rotatable bonds is 11. The predicted octanol–water partition coefficient (Wildman–Crippen LogP) is 3.85. The van der Waals surface area contributed by atoms with E-state index in [4.69, 9.17) is 14.6 Å². The molecular formula is C23H27N3O5S. The normalized spacial score (nSPS) is 11.5. The minimum absolute atomic E-state index is 0.0775. The second-order valence-electron chi connectivity index (χ2n) is 7.01. The summed E-state index contributed by atoms with van der Waals surface area (Å²) in [4.78, 5) is 12.4. The Labute approximate surface area is 188 Å². The van der Waals surface area contributed by atoms with Crippen LogP contribution in [0.5, 0.6) is 11.5 Å². The fourth-order valence-corrected chi connectivity index (χ4v) is 3.36. The number of nitriles is 1. The summed E-state index contributed by atoms with van der Waals surface area (Å²) in [5.74, 6) is 0.468. The van der Waals surface area contributed by atoms with E-state index in [2.05, 4.69) is 12.2 Å². The van der Waals surface area contributed by atoms with Gasteiger partial charge in [0, 0.05) is 5.69 Å². The summed E-state index contributed by atoms with van der Waals surface area (Å²) in [5.41, 5.74) is 0.792. The van der Waals surface area contributed by atoms with Gasteiger partial charge in [-0.1, -0.05) is 32.3 Å². The van der Waals surface area contributed by atoms with Gasteiger partial charge in [-0.2, -0.15) is 5.26 Å². The number of benzene rings is 2. The smallest absolute Gasteiger partial charge is 0.266 e. The number of primary sulfonamides is 1. The van der Waals surface area contributed by atoms with Crippen LogP contribution in [0.4, 0.5) is 5.69 Å². The minimum atomic E-state index is -3.83. The maximum atomic E-state index is 12.5. The van der Waals surface area contributed by atoms with Crippen LogP contribution in [0, 0.1) is 11.3 Å². The van der Waals surface area contributed by atoms with Gasteiger partial charge in [0.05, 0.1) is 18.6 Å². The maximum Gasteiger partial charge on any atom is 0.266 e. The number of anilines is 1. The van der Waals surface area contributed by atoms with Gasteiger partial charge in [-0.05, 0) is 54.5 Å². The molecule has 0 aromatic heterocycles. The van der Waals surface area contributed by atoms with E-state index in [0.29, 0.717) is 29.4 Å². The van der Waals surface area contributed by atoms with Gasteiger partial charge in [0.1, 0.15) is 11.6 Å². The molecule has 0 fully saturated rings. The van der Waals surface area contributed by atoms with Crippen LogP contribution in [-0.4, -0.2) is 28.0 Å². The molecule has 0 heterocycles. The molecule has 0 aliphatic rings. The van der Waals surface area contributed by atoms with Crippen LogP contribution in [0.2, 0.25) is 0 Å². The molecule has 0 atom stereocenters. The summed E-state index contributed by atoms with van der Waals surface area (Å²) < 4.78 is 33.8. The molecule has 170 valence electrons. The summed E-state index contributed by atoms with van der Waals surface area (Å²) in [6.07, 6.45) is 5.81. The van der Waals surface area contributed by atoms with Crippen molar-refractivity contribution >= 4 is 27.7 Å². The van der Waals surface area contributed by atoms with Gasteiger partial charge in [0.25, 0.3) is 5.91 Å². The van der Waals surface area contributed by atoms with Crippen LogP contribution in [0.25, 0.3) is 6.08 Å². The van der Waals surface area contributed by atoms with E-state index in [1.165, 1.54) is 43.9 Å². The molecule has 0 aliphatic heterocycles. The first-order valence-corrected chi connectivity index (χ1v) is 11.7. The Bertz CT molecular complexity index is 1100. The number of nitrogens with two attached hydrogens (primary N) is 1. The molecule has 2 aromatic rings. The lowest BCUT2D eigenvalue weighted by Gasteiger charge is -2.11. The number of nitrogens with zero attached hydrogens (tertiary/aromatic N) is 1. The highest BCUT2D eigenvalue weighted by molar-refractivity contribution is 7.89. The number of hydrogen-bond acceptors (Lipinski definition) is 6. The largest absolute Gasteiger partial charge is 0.493 e. The molecule has 8 nitrogen and oxygen atoms in total. The first-order valence-electron chi connectivity index (χ1n) is 10.1. The summed E-state index contributed by atoms with van der Waals surface area (Å²) in [7, 11) is -2.31. The Hall–Kier alpha value is -3.35. The van der Waals surface area contributed by atoms with E-state index in [-0.39, 0.29) is 10.5 Å². The first-order chi connectivity index (χ1) is 15.3. The van der Waals surface area contributed by atoms with Crippen LogP contribution in [0.3, 0.4) is 0 Å². The summed E-state index contributed by atoms with van der Waals surface area (Å²) in [6.45, 7) is 2.73. The number of amides is 1. The third-order valence-electron chi connectivity index (χ3n) is 4.56. The van der Waals surface area contributed by atoms with Crippen molar-refractivity contribution in [3.8, 4) is 17.6 Å². The minimum Gasteiger partial charge on any atom is -0.493 e. The SMILES string of the molecule is CCCCCCOc1ccc(/C=C(\C#N)C(=O)Nc2ccc(S(N)(=O)=O)cc2)cc1OC. The summed E-state index contributed by atoms with van der Waals surface area (Å²) in [6, 6.07) is 12.4. The molecule has 32 heavy (non-hydrogen) atoms. The van der Waals surface area contributed by atoms with Crippen molar-refractivity contribution < 1.29 is 22.7 Å². The number of unbranched alkanes of at least 4 members (excludes halogenated alkanes) is 3. The number of nitrogens with one attached hydrogen (secondary N) is 1. The van der Waals surface area contributed by atoms with Gasteiger partial charge in [-0.15, -0.1) is 0 Å². The molecule has 1 amide bonds. The summed E-state index contributed by atoms with van der Waals surface area (Å²) >= 11 is 0. The van der Waals surface area contributed by atoms with E-state index >= 15 is 0 Å². The van der Waals surface area contributed by atoms with E-state index < -0.39 is 15.9 Å². The summed E-state index contributed by atoms with van der Waals surface area (Å²) in [5, 5.41) is 17.0. The fraction of sp³-hybridized carbons (Fsp3) is 0.304. The Kier molecular flexibility index (Phi) is 9.25. The topological polar surface area (TPSA) is 132 Å². The molecule has 0 bridgehead atoms. The molecule has 0 saturated carbocycles. The molecule has 9 heteroatoms. The molecule has 2 rings (SSSR count). The van der Waals surface area contributed by atoms with Crippen LogP contribution in [0.15, 0.2) is 52.9 Å². The zero-order valence-corrected chi connectivity index (χ0v) is 18.9. The molecule has 0 unspecified atom stereocenters. The van der Waals surface area contributed by atoms with Crippen LogP contribution >= 0.6 is 0 Å². The average molecular weight is 458 g/mol. The average Bonchev–Trinajstić information content (AvgIpc) is 2.77. The van der Waals surface area contributed by atoms with Crippen molar-refractivity contribution in [2.75, 3.05) is 19.0 Å². The third kappa shape index (κ3) is 7.41. The third-order valence-corrected chi connectivity index (χ3v) is 5.49. The fourth-order valence-electron chi connectivity index (χ4n) is 2.85. The highest BCUT2D eigenvalue weighted by Gasteiger charge is 2.12. The number of ether oxygens (including phenoxy) is 2. The lowest BCUT2D eigenvalue weighted by molar-refractivity contribution is -0.112. The number of hydrogen-bond donors (Lipinski definition) is 2. The highest BCUT2D eigenvalue weighted by atomic mass is 32.2. The van der Waals surface area contributed by atoms with Crippen molar-refractivity contribution in [1.82, 2.24) is 0 Å². The predicted molar refractivity (Wildman–Crippen MR) is 123 cm³/mol. The molecule has 2 aromatic carbocycles. The Morgan fingerprint density at radius 3 is 2.44 bits per heavy atom. The van der Waals surface area contributed by atoms with Crippen molar-refractivity contribution in [3.63, 3.8) is 0 Å². The first kappa shape index (κ1) is 24.9. The van der Waals surface area contributed by atoms with Gasteiger partial charge in [0.2, 0.25) is 10.0 Å². The van der Waals surface area contributed by atoms with Crippen molar-refractivity contribution in [2.24, 2.45) is 5.14 Å². The number of sulfonamides is 1. The zero-order valence-electron chi connectivity index (χ0n) is 18.1. The molecule has 0 spiro atoms. The Balaban J connectivity index is 2.11. The van der Waals surface area contributed by atoms with E-state index in [0.717, 1.165) is 19.3 Å². The van der Waals surface area contributed by atoms with Crippen LogP contribution < -0.4 is 19.9 Å². The van der Waals surface area contributed by atoms with E-state index in [1.54, 1.807) is 18.2 Å².